The van der Waals surface area contributed by atoms with Gasteiger partial charge in [-0.15, -0.1) is 0 Å². The first-order valence-electron chi connectivity index (χ1n) is 6.92. The number of phenolic OH excluding ortho intramolecular Hbond substituents is 1. The Morgan fingerprint density at radius 3 is 2.00 bits per heavy atom. The Morgan fingerprint density at radius 2 is 1.50 bits per heavy atom. The number of aliphatic hydroxyl groups is 1. The van der Waals surface area contributed by atoms with Crippen LogP contribution in [0.4, 0.5) is 4.39 Å². The molecule has 0 saturated carbocycles. The zero-order chi connectivity index (χ0) is 15.8. The lowest BCUT2D eigenvalue weighted by Gasteiger charge is -2.11. The van der Waals surface area contributed by atoms with E-state index in [1.165, 1.54) is 0 Å². The summed E-state index contributed by atoms with van der Waals surface area (Å²) >= 11 is 0. The zero-order valence-corrected chi connectivity index (χ0v) is 12.0. The summed E-state index contributed by atoms with van der Waals surface area (Å²) in [5.74, 6) is 6.33. The van der Waals surface area contributed by atoms with Crippen molar-refractivity contribution in [1.29, 1.82) is 0 Å². The van der Waals surface area contributed by atoms with Crippen LogP contribution < -0.4 is 4.74 Å². The molecule has 0 aliphatic heterocycles. The minimum atomic E-state index is -0.604. The molecule has 22 heavy (non-hydrogen) atoms. The van der Waals surface area contributed by atoms with Crippen LogP contribution in [0.5, 0.6) is 11.5 Å². The van der Waals surface area contributed by atoms with Crippen molar-refractivity contribution in [3.8, 4) is 23.3 Å². The van der Waals surface area contributed by atoms with E-state index in [0.29, 0.717) is 5.75 Å². The highest BCUT2D eigenvalue weighted by Gasteiger charge is 2.07. The van der Waals surface area contributed by atoms with E-state index in [1.807, 2.05) is 12.1 Å². The summed E-state index contributed by atoms with van der Waals surface area (Å²) in [6.45, 7) is -0.690. The second-order valence-electron chi connectivity index (χ2n) is 4.84. The molecular weight excluding hydrogens is 282 g/mol. The van der Waals surface area contributed by atoms with Gasteiger partial charge in [0.05, 0.1) is 19.9 Å². The quantitative estimate of drug-likeness (QED) is 0.835. The van der Waals surface area contributed by atoms with Gasteiger partial charge in [0.25, 0.3) is 0 Å². The molecule has 0 spiro atoms. The molecule has 0 saturated heterocycles. The van der Waals surface area contributed by atoms with E-state index in [4.69, 9.17) is 9.84 Å². The molecule has 1 atom stereocenters. The van der Waals surface area contributed by atoms with Crippen molar-refractivity contribution >= 4 is 0 Å². The first kappa shape index (κ1) is 15.9. The molecule has 114 valence electrons. The minimum Gasteiger partial charge on any atom is -0.508 e. The van der Waals surface area contributed by atoms with E-state index >= 15 is 0 Å². The molecule has 1 unspecified atom stereocenters. The Morgan fingerprint density at radius 1 is 0.955 bits per heavy atom. The topological polar surface area (TPSA) is 49.7 Å². The summed E-state index contributed by atoms with van der Waals surface area (Å²) in [5, 5.41) is 18.1. The maximum absolute atomic E-state index is 12.4. The highest BCUT2D eigenvalue weighted by Crippen LogP contribution is 2.13. The minimum absolute atomic E-state index is 0.144. The molecule has 0 fully saturated rings. The third kappa shape index (κ3) is 4.80. The summed E-state index contributed by atoms with van der Waals surface area (Å²) in [4.78, 5) is 0. The second kappa shape index (κ2) is 8.06. The van der Waals surface area contributed by atoms with Crippen LogP contribution in [-0.4, -0.2) is 30.1 Å². The fraction of sp³-hybridized carbons (Fsp3) is 0.222. The van der Waals surface area contributed by atoms with Gasteiger partial charge >= 0.3 is 0 Å². The summed E-state index contributed by atoms with van der Waals surface area (Å²) in [6, 6.07) is 13.8. The van der Waals surface area contributed by atoms with Crippen LogP contribution in [-0.2, 0) is 0 Å². The van der Waals surface area contributed by atoms with Crippen LogP contribution in [0.1, 0.15) is 11.1 Å². The number of hydrogen-bond donors (Lipinski definition) is 2. The van der Waals surface area contributed by atoms with Gasteiger partial charge in [0.2, 0.25) is 0 Å². The van der Waals surface area contributed by atoms with E-state index in [-0.39, 0.29) is 19.0 Å². The van der Waals surface area contributed by atoms with Crippen LogP contribution in [0.25, 0.3) is 0 Å². The number of ether oxygens (including phenoxy) is 1. The smallest absolute Gasteiger partial charge is 0.119 e. The van der Waals surface area contributed by atoms with Gasteiger partial charge in [-0.05, 0) is 48.5 Å². The molecular formula is C18H17FO3. The lowest BCUT2D eigenvalue weighted by atomic mass is 10.1. The van der Waals surface area contributed by atoms with Crippen LogP contribution in [0.15, 0.2) is 48.5 Å². The molecule has 2 rings (SSSR count). The van der Waals surface area contributed by atoms with Gasteiger partial charge in [0.1, 0.15) is 11.5 Å². The van der Waals surface area contributed by atoms with E-state index in [0.717, 1.165) is 11.1 Å². The highest BCUT2D eigenvalue weighted by molar-refractivity contribution is 5.45. The van der Waals surface area contributed by atoms with Crippen molar-refractivity contribution in [2.75, 3.05) is 19.9 Å². The summed E-state index contributed by atoms with van der Waals surface area (Å²) in [5.41, 5.74) is 1.64. The number of rotatable bonds is 5. The van der Waals surface area contributed by atoms with Crippen LogP contribution in [0, 0.1) is 17.8 Å². The Kier molecular flexibility index (Phi) is 5.81. The molecule has 4 heteroatoms. The molecule has 0 aromatic heterocycles. The normalized spacial score (nSPS) is 11.4. The third-order valence-corrected chi connectivity index (χ3v) is 3.03. The standard InChI is InChI=1S/C18H17FO3/c19-11-16(12-20)13-22-18-9-5-15(6-10-18)2-1-14-3-7-17(21)8-4-14/h3-10,16,20-21H,11-13H2/i19-1. The molecule has 0 aliphatic rings. The molecule has 3 nitrogen and oxygen atoms in total. The summed E-state index contributed by atoms with van der Waals surface area (Å²) in [7, 11) is 0. The maximum atomic E-state index is 12.4. The molecule has 0 amide bonds. The number of aromatic hydroxyl groups is 1. The van der Waals surface area contributed by atoms with E-state index in [9.17, 15) is 9.50 Å². The third-order valence-electron chi connectivity index (χ3n) is 3.03. The lowest BCUT2D eigenvalue weighted by molar-refractivity contribution is 0.140. The first-order chi connectivity index (χ1) is 10.7. The second-order valence-corrected chi connectivity index (χ2v) is 4.84. The van der Waals surface area contributed by atoms with Gasteiger partial charge in [0, 0.05) is 17.0 Å². The lowest BCUT2D eigenvalue weighted by Crippen LogP contribution is -2.17. The van der Waals surface area contributed by atoms with Gasteiger partial charge in [-0.2, -0.15) is 0 Å². The fourth-order valence-corrected chi connectivity index (χ4v) is 1.68. The predicted octanol–water partition coefficient (Wildman–Crippen LogP) is 2.75. The van der Waals surface area contributed by atoms with Gasteiger partial charge < -0.3 is 14.9 Å². The molecule has 2 aromatic rings. The van der Waals surface area contributed by atoms with Crippen molar-refractivity contribution in [3.05, 3.63) is 59.7 Å². The fourth-order valence-electron chi connectivity index (χ4n) is 1.68. The average molecular weight is 299 g/mol. The van der Waals surface area contributed by atoms with Gasteiger partial charge in [-0.3, -0.25) is 4.39 Å². The van der Waals surface area contributed by atoms with Crippen LogP contribution >= 0.6 is 0 Å². The van der Waals surface area contributed by atoms with Crippen molar-refractivity contribution in [1.82, 2.24) is 0 Å². The largest absolute Gasteiger partial charge is 0.508 e. The maximum Gasteiger partial charge on any atom is 0.119 e. The van der Waals surface area contributed by atoms with Crippen LogP contribution in [0.3, 0.4) is 0 Å². The van der Waals surface area contributed by atoms with Crippen LogP contribution in [0.2, 0.25) is 0 Å². The number of alkyl halides is 1. The van der Waals surface area contributed by atoms with Gasteiger partial charge in [0.15, 0.2) is 0 Å². The molecule has 0 radical (unpaired) electrons. The Labute approximate surface area is 129 Å². The van der Waals surface area contributed by atoms with Crippen molar-refractivity contribution in [2.45, 2.75) is 0 Å². The Bertz CT molecular complexity index is 635. The number of halogens is 1. The average Bonchev–Trinajstić information content (AvgIpc) is 2.56. The number of benzene rings is 2. The molecule has 2 aromatic carbocycles. The number of aliphatic hydroxyl groups excluding tert-OH is 1. The predicted molar refractivity (Wildman–Crippen MR) is 82.6 cm³/mol. The highest BCUT2D eigenvalue weighted by atomic mass is 18.2. The van der Waals surface area contributed by atoms with E-state index in [1.54, 1.807) is 36.4 Å². The van der Waals surface area contributed by atoms with E-state index in [2.05, 4.69) is 11.8 Å². The van der Waals surface area contributed by atoms with E-state index < -0.39 is 12.6 Å². The van der Waals surface area contributed by atoms with Crippen molar-refractivity contribution in [2.24, 2.45) is 5.92 Å². The van der Waals surface area contributed by atoms with Crippen molar-refractivity contribution in [3.63, 3.8) is 0 Å². The van der Waals surface area contributed by atoms with Crippen molar-refractivity contribution < 1.29 is 19.3 Å². The Balaban J connectivity index is 1.96. The SMILES string of the molecule is OCC(C[18F])COc1ccc(C#Cc2ccc(O)cc2)cc1. The molecule has 2 N–H and O–H groups in total. The number of hydrogen-bond acceptors (Lipinski definition) is 3. The van der Waals surface area contributed by atoms with Gasteiger partial charge in [-0.1, -0.05) is 11.8 Å². The first-order valence-corrected chi connectivity index (χ1v) is 6.92. The van der Waals surface area contributed by atoms with Gasteiger partial charge in [-0.25, -0.2) is 0 Å². The summed E-state index contributed by atoms with van der Waals surface area (Å²) in [6.07, 6.45) is 0. The summed E-state index contributed by atoms with van der Waals surface area (Å²) < 4.78 is 17.8. The monoisotopic (exact) mass is 299 g/mol. The molecule has 0 bridgehead atoms. The Hall–Kier alpha value is -2.51. The molecule has 0 heterocycles. The zero-order valence-electron chi connectivity index (χ0n) is 12.0. The number of phenols is 1. The molecule has 0 aliphatic carbocycles.